The third kappa shape index (κ3) is 5.73. The molecule has 1 fully saturated rings. The summed E-state index contributed by atoms with van der Waals surface area (Å²) in [4.78, 5) is 45.0. The van der Waals surface area contributed by atoms with Crippen LogP contribution in [0, 0.1) is 0 Å². The molecule has 3 amide bonds. The van der Waals surface area contributed by atoms with Crippen LogP contribution in [0.5, 0.6) is 23.0 Å². The van der Waals surface area contributed by atoms with E-state index in [1.165, 1.54) is 19.1 Å². The van der Waals surface area contributed by atoms with Gasteiger partial charge in [0.05, 0.1) is 32.4 Å². The predicted molar refractivity (Wildman–Crippen MR) is 147 cm³/mol. The zero-order valence-corrected chi connectivity index (χ0v) is 23.6. The summed E-state index contributed by atoms with van der Waals surface area (Å²) in [5.41, 5.74) is 2.04. The number of benzene rings is 2. The lowest BCUT2D eigenvalue weighted by molar-refractivity contribution is -0.139. The Bertz CT molecular complexity index is 1350. The molecule has 3 aliphatic rings. The fourth-order valence-electron chi connectivity index (χ4n) is 5.18. The van der Waals surface area contributed by atoms with Crippen LogP contribution in [-0.2, 0) is 9.53 Å². The quantitative estimate of drug-likeness (QED) is 0.481. The Morgan fingerprint density at radius 1 is 0.976 bits per heavy atom. The summed E-state index contributed by atoms with van der Waals surface area (Å²) in [6.07, 6.45) is 0. The van der Waals surface area contributed by atoms with E-state index in [2.05, 4.69) is 10.2 Å². The first-order valence-electron chi connectivity index (χ1n) is 13.4. The van der Waals surface area contributed by atoms with Crippen molar-refractivity contribution in [1.82, 2.24) is 20.0 Å². The standard InChI is InChI=1S/C29H34N4O8/c1-5-39-28(35)25-22(31(2)29(36)30-26(25)19-12-20(37-3)15-21(13-19)38-4)16-32-8-10-33(11-9-32)27(34)18-6-7-23-24(14-18)41-17-40-23/h6-7,12-15,26H,5,8-11,16-17H2,1-4H3,(H,30,36). The molecular formula is C29H34N4O8. The number of amides is 3. The molecule has 41 heavy (non-hydrogen) atoms. The second-order valence-electron chi connectivity index (χ2n) is 9.80. The zero-order chi connectivity index (χ0) is 29.1. The van der Waals surface area contributed by atoms with Gasteiger partial charge in [-0.15, -0.1) is 0 Å². The van der Waals surface area contributed by atoms with Gasteiger partial charge in [0.1, 0.15) is 11.5 Å². The van der Waals surface area contributed by atoms with E-state index in [0.717, 1.165) is 0 Å². The lowest BCUT2D eigenvalue weighted by atomic mass is 9.93. The van der Waals surface area contributed by atoms with E-state index in [-0.39, 0.29) is 25.3 Å². The molecule has 1 atom stereocenters. The van der Waals surface area contributed by atoms with E-state index >= 15 is 0 Å². The number of hydrogen-bond donors (Lipinski definition) is 1. The van der Waals surface area contributed by atoms with Crippen LogP contribution in [0.1, 0.15) is 28.9 Å². The number of hydrogen-bond acceptors (Lipinski definition) is 9. The number of piperazine rings is 1. The van der Waals surface area contributed by atoms with Gasteiger partial charge in [0.2, 0.25) is 6.79 Å². The van der Waals surface area contributed by atoms with E-state index in [1.807, 2.05) is 0 Å². The Labute approximate surface area is 238 Å². The van der Waals surface area contributed by atoms with Crippen molar-refractivity contribution in [2.24, 2.45) is 0 Å². The van der Waals surface area contributed by atoms with Crippen molar-refractivity contribution in [1.29, 1.82) is 0 Å². The number of nitrogens with zero attached hydrogens (tertiary/aromatic N) is 3. The van der Waals surface area contributed by atoms with Crippen LogP contribution in [0.15, 0.2) is 47.7 Å². The van der Waals surface area contributed by atoms with E-state index in [1.54, 1.807) is 55.3 Å². The highest BCUT2D eigenvalue weighted by Crippen LogP contribution is 2.36. The third-order valence-corrected chi connectivity index (χ3v) is 7.43. The molecule has 2 aromatic rings. The van der Waals surface area contributed by atoms with Crippen LogP contribution in [0.4, 0.5) is 4.79 Å². The zero-order valence-electron chi connectivity index (χ0n) is 23.6. The maximum atomic E-state index is 13.4. The van der Waals surface area contributed by atoms with Crippen LogP contribution in [0.3, 0.4) is 0 Å². The van der Waals surface area contributed by atoms with Gasteiger partial charge in [-0.2, -0.15) is 0 Å². The molecule has 3 heterocycles. The van der Waals surface area contributed by atoms with Crippen molar-refractivity contribution in [3.63, 3.8) is 0 Å². The van der Waals surface area contributed by atoms with E-state index < -0.39 is 12.0 Å². The molecule has 1 saturated heterocycles. The summed E-state index contributed by atoms with van der Waals surface area (Å²) in [6.45, 7) is 4.48. The summed E-state index contributed by atoms with van der Waals surface area (Å²) in [7, 11) is 4.71. The Balaban J connectivity index is 1.38. The summed E-state index contributed by atoms with van der Waals surface area (Å²) in [5.74, 6) is 1.65. The molecule has 0 saturated carbocycles. The van der Waals surface area contributed by atoms with Gasteiger partial charge in [-0.05, 0) is 42.8 Å². The smallest absolute Gasteiger partial charge is 0.338 e. The largest absolute Gasteiger partial charge is 0.497 e. The average molecular weight is 567 g/mol. The molecule has 12 nitrogen and oxygen atoms in total. The first-order valence-corrected chi connectivity index (χ1v) is 13.4. The normalized spacial score (nSPS) is 18.7. The van der Waals surface area contributed by atoms with Gasteiger partial charge in [0.25, 0.3) is 5.91 Å². The molecule has 0 aromatic heterocycles. The molecule has 5 rings (SSSR count). The van der Waals surface area contributed by atoms with Crippen molar-refractivity contribution < 1.29 is 38.1 Å². The van der Waals surface area contributed by atoms with Gasteiger partial charge >= 0.3 is 12.0 Å². The maximum Gasteiger partial charge on any atom is 0.338 e. The Hall–Kier alpha value is -4.45. The second kappa shape index (κ2) is 12.0. The Kier molecular flexibility index (Phi) is 8.20. The molecule has 218 valence electrons. The summed E-state index contributed by atoms with van der Waals surface area (Å²) >= 11 is 0. The number of likely N-dealkylation sites (N-methyl/N-ethyl adjacent to an activating group) is 1. The van der Waals surface area contributed by atoms with Crippen molar-refractivity contribution in [3.05, 3.63) is 58.8 Å². The molecule has 12 heteroatoms. The van der Waals surface area contributed by atoms with Crippen LogP contribution in [-0.4, -0.2) is 100.0 Å². The first-order chi connectivity index (χ1) is 19.8. The number of nitrogens with one attached hydrogen (secondary N) is 1. The minimum absolute atomic E-state index is 0.0874. The second-order valence-corrected chi connectivity index (χ2v) is 9.80. The molecule has 0 radical (unpaired) electrons. The fraction of sp³-hybridized carbons (Fsp3) is 0.414. The maximum absolute atomic E-state index is 13.4. The van der Waals surface area contributed by atoms with Gasteiger partial charge in [0, 0.05) is 57.1 Å². The number of fused-ring (bicyclic) bond motifs is 1. The number of carbonyl (C=O) groups is 3. The van der Waals surface area contributed by atoms with Gasteiger partial charge in [-0.3, -0.25) is 14.6 Å². The van der Waals surface area contributed by atoms with Gasteiger partial charge in [-0.1, -0.05) is 0 Å². The van der Waals surface area contributed by atoms with Gasteiger partial charge < -0.3 is 33.9 Å². The first kappa shape index (κ1) is 28.1. The molecule has 1 N–H and O–H groups in total. The topological polar surface area (TPSA) is 119 Å². The van der Waals surface area contributed by atoms with E-state index in [9.17, 15) is 14.4 Å². The predicted octanol–water partition coefficient (Wildman–Crippen LogP) is 2.40. The molecule has 1 unspecified atom stereocenters. The average Bonchev–Trinajstić information content (AvgIpc) is 3.47. The number of methoxy groups -OCH3 is 2. The van der Waals surface area contributed by atoms with Crippen molar-refractivity contribution in [2.75, 3.05) is 67.4 Å². The molecule has 3 aliphatic heterocycles. The highest BCUT2D eigenvalue weighted by molar-refractivity contribution is 5.96. The molecule has 0 aliphatic carbocycles. The minimum Gasteiger partial charge on any atom is -0.497 e. The van der Waals surface area contributed by atoms with Crippen molar-refractivity contribution in [2.45, 2.75) is 13.0 Å². The number of esters is 1. The lowest BCUT2D eigenvalue weighted by Gasteiger charge is -2.39. The van der Waals surface area contributed by atoms with Crippen molar-refractivity contribution in [3.8, 4) is 23.0 Å². The third-order valence-electron chi connectivity index (χ3n) is 7.43. The van der Waals surface area contributed by atoms with Crippen LogP contribution >= 0.6 is 0 Å². The Morgan fingerprint density at radius 2 is 1.66 bits per heavy atom. The molecule has 2 aromatic carbocycles. The number of urea groups is 1. The van der Waals surface area contributed by atoms with E-state index in [4.69, 9.17) is 23.7 Å². The summed E-state index contributed by atoms with van der Waals surface area (Å²) in [5, 5.41) is 2.93. The number of rotatable bonds is 8. The highest BCUT2D eigenvalue weighted by atomic mass is 16.7. The molecular weight excluding hydrogens is 532 g/mol. The van der Waals surface area contributed by atoms with Gasteiger partial charge in [-0.25, -0.2) is 9.59 Å². The van der Waals surface area contributed by atoms with E-state index in [0.29, 0.717) is 78.1 Å². The summed E-state index contributed by atoms with van der Waals surface area (Å²) < 4.78 is 27.1. The molecule has 0 bridgehead atoms. The van der Waals surface area contributed by atoms with Crippen LogP contribution < -0.4 is 24.3 Å². The van der Waals surface area contributed by atoms with Gasteiger partial charge in [0.15, 0.2) is 11.5 Å². The fourth-order valence-corrected chi connectivity index (χ4v) is 5.18. The van der Waals surface area contributed by atoms with Crippen LogP contribution in [0.25, 0.3) is 0 Å². The van der Waals surface area contributed by atoms with Crippen LogP contribution in [0.2, 0.25) is 0 Å². The Morgan fingerprint density at radius 3 is 2.32 bits per heavy atom. The monoisotopic (exact) mass is 566 g/mol. The minimum atomic E-state index is -0.773. The SMILES string of the molecule is CCOC(=O)C1=C(CN2CCN(C(=O)c3ccc4c(c3)OCO4)CC2)N(C)C(=O)NC1c1cc(OC)cc(OC)c1. The summed E-state index contributed by atoms with van der Waals surface area (Å²) in [6, 6.07) is 9.31. The highest BCUT2D eigenvalue weighted by Gasteiger charge is 2.38. The number of ether oxygens (including phenoxy) is 5. The van der Waals surface area contributed by atoms with Crippen molar-refractivity contribution >= 4 is 17.9 Å². The number of carbonyl (C=O) groups excluding carboxylic acids is 3. The lowest BCUT2D eigenvalue weighted by Crippen LogP contribution is -2.53. The molecule has 0 spiro atoms.